The first-order valence-electron chi connectivity index (χ1n) is 7.84. The van der Waals surface area contributed by atoms with Gasteiger partial charge in [0.2, 0.25) is 0 Å². The maximum absolute atomic E-state index is 12.7. The molecule has 1 saturated carbocycles. The molecule has 0 aromatic carbocycles. The molecule has 1 aliphatic rings. The molecule has 1 heterocycles. The van der Waals surface area contributed by atoms with Gasteiger partial charge < -0.3 is 10.2 Å². The minimum atomic E-state index is 0.0626. The average Bonchev–Trinajstić information content (AvgIpc) is 3.27. The molecule has 0 bridgehead atoms. The van der Waals surface area contributed by atoms with Crippen LogP contribution < -0.4 is 5.32 Å². The Morgan fingerprint density at radius 2 is 2.14 bits per heavy atom. The Kier molecular flexibility index (Phi) is 5.85. The third-order valence-electron chi connectivity index (χ3n) is 3.55. The maximum atomic E-state index is 12.7. The van der Waals surface area contributed by atoms with E-state index < -0.39 is 0 Å². The molecule has 1 fully saturated rings. The molecule has 0 radical (unpaired) electrons. The van der Waals surface area contributed by atoms with Crippen LogP contribution in [0.2, 0.25) is 5.15 Å². The first-order valence-corrected chi connectivity index (χ1v) is 8.22. The lowest BCUT2D eigenvalue weighted by Gasteiger charge is -2.22. The molecule has 4 nitrogen and oxygen atoms in total. The Hall–Kier alpha value is -1.29. The summed E-state index contributed by atoms with van der Waals surface area (Å²) < 4.78 is 0. The first-order chi connectivity index (χ1) is 10.1. The highest BCUT2D eigenvalue weighted by Crippen LogP contribution is 2.30. The van der Waals surface area contributed by atoms with Crippen molar-refractivity contribution in [3.05, 3.63) is 22.8 Å². The van der Waals surface area contributed by atoms with E-state index in [2.05, 4.69) is 24.1 Å². The van der Waals surface area contributed by atoms with Crippen molar-refractivity contribution in [2.75, 3.05) is 25.0 Å². The molecule has 1 aromatic rings. The summed E-state index contributed by atoms with van der Waals surface area (Å²) in [4.78, 5) is 18.9. The van der Waals surface area contributed by atoms with Gasteiger partial charge in [0.05, 0.1) is 0 Å². The fourth-order valence-corrected chi connectivity index (χ4v) is 2.51. The number of nitrogens with one attached hydrogen (secondary N) is 1. The summed E-state index contributed by atoms with van der Waals surface area (Å²) in [5, 5.41) is 3.55. The molecule has 1 aliphatic carbocycles. The molecule has 0 unspecified atom stereocenters. The summed E-state index contributed by atoms with van der Waals surface area (Å²) in [7, 11) is 0. The van der Waals surface area contributed by atoms with Crippen molar-refractivity contribution in [2.45, 2.75) is 39.5 Å². The topological polar surface area (TPSA) is 45.2 Å². The molecule has 5 heteroatoms. The van der Waals surface area contributed by atoms with Crippen LogP contribution in [0.4, 0.5) is 5.82 Å². The lowest BCUT2D eigenvalue weighted by Crippen LogP contribution is -2.33. The van der Waals surface area contributed by atoms with Gasteiger partial charge in [0.15, 0.2) is 0 Å². The van der Waals surface area contributed by atoms with Crippen molar-refractivity contribution in [3.63, 3.8) is 0 Å². The zero-order valence-corrected chi connectivity index (χ0v) is 13.6. The Balaban J connectivity index is 2.12. The van der Waals surface area contributed by atoms with E-state index in [0.717, 1.165) is 32.5 Å². The van der Waals surface area contributed by atoms with E-state index >= 15 is 0 Å². The predicted molar refractivity (Wildman–Crippen MR) is 86.9 cm³/mol. The molecule has 0 atom stereocenters. The van der Waals surface area contributed by atoms with Crippen LogP contribution in [0.25, 0.3) is 0 Å². The molecule has 1 N–H and O–H groups in total. The Morgan fingerprint density at radius 1 is 1.38 bits per heavy atom. The SMILES string of the molecule is CCCNc1cc(C(=O)N(CCC)CC2CC2)cc(Cl)n1. The molecule has 21 heavy (non-hydrogen) atoms. The number of carbonyl (C=O) groups is 1. The number of anilines is 1. The smallest absolute Gasteiger partial charge is 0.254 e. The zero-order valence-electron chi connectivity index (χ0n) is 12.9. The summed E-state index contributed by atoms with van der Waals surface area (Å²) >= 11 is 6.05. The van der Waals surface area contributed by atoms with E-state index in [1.54, 1.807) is 12.1 Å². The zero-order chi connectivity index (χ0) is 15.2. The average molecular weight is 310 g/mol. The van der Waals surface area contributed by atoms with Crippen molar-refractivity contribution in [3.8, 4) is 0 Å². The minimum absolute atomic E-state index is 0.0626. The van der Waals surface area contributed by atoms with Crippen LogP contribution in [0.3, 0.4) is 0 Å². The van der Waals surface area contributed by atoms with Gasteiger partial charge in [-0.1, -0.05) is 25.4 Å². The molecule has 1 amide bonds. The lowest BCUT2D eigenvalue weighted by atomic mass is 10.2. The summed E-state index contributed by atoms with van der Waals surface area (Å²) in [6.07, 6.45) is 4.46. The molecule has 0 saturated heterocycles. The quantitative estimate of drug-likeness (QED) is 0.743. The van der Waals surface area contributed by atoms with Crippen molar-refractivity contribution < 1.29 is 4.79 Å². The van der Waals surface area contributed by atoms with Crippen LogP contribution in [0, 0.1) is 5.92 Å². The number of carbonyl (C=O) groups excluding carboxylic acids is 1. The summed E-state index contributed by atoms with van der Waals surface area (Å²) in [5.74, 6) is 1.43. The first kappa shape index (κ1) is 16.1. The second-order valence-corrected chi connectivity index (χ2v) is 6.07. The highest BCUT2D eigenvalue weighted by molar-refractivity contribution is 6.29. The standard InChI is InChI=1S/C16H24ClN3O/c1-3-7-18-15-10-13(9-14(17)19-15)16(21)20(8-4-2)11-12-5-6-12/h9-10,12H,3-8,11H2,1-2H3,(H,18,19). The summed E-state index contributed by atoms with van der Waals surface area (Å²) in [6, 6.07) is 3.47. The van der Waals surface area contributed by atoms with Crippen LogP contribution >= 0.6 is 11.6 Å². The van der Waals surface area contributed by atoms with E-state index in [4.69, 9.17) is 11.6 Å². The van der Waals surface area contributed by atoms with E-state index in [1.165, 1.54) is 12.8 Å². The molecular weight excluding hydrogens is 286 g/mol. The van der Waals surface area contributed by atoms with Crippen LogP contribution in [0.5, 0.6) is 0 Å². The second-order valence-electron chi connectivity index (χ2n) is 5.69. The monoisotopic (exact) mass is 309 g/mol. The van der Waals surface area contributed by atoms with Crippen LogP contribution in [-0.2, 0) is 0 Å². The van der Waals surface area contributed by atoms with Crippen molar-refractivity contribution in [1.82, 2.24) is 9.88 Å². The third kappa shape index (κ3) is 4.88. The number of halogens is 1. The van der Waals surface area contributed by atoms with Crippen LogP contribution in [0.1, 0.15) is 49.9 Å². The number of hydrogen-bond donors (Lipinski definition) is 1. The number of aromatic nitrogens is 1. The highest BCUT2D eigenvalue weighted by Gasteiger charge is 2.27. The molecule has 0 aliphatic heterocycles. The van der Waals surface area contributed by atoms with Gasteiger partial charge in [-0.2, -0.15) is 0 Å². The number of amides is 1. The minimum Gasteiger partial charge on any atom is -0.370 e. The Morgan fingerprint density at radius 3 is 2.76 bits per heavy atom. The van der Waals surface area contributed by atoms with E-state index in [1.807, 2.05) is 4.90 Å². The van der Waals surface area contributed by atoms with Crippen molar-refractivity contribution in [2.24, 2.45) is 5.92 Å². The largest absolute Gasteiger partial charge is 0.370 e. The normalized spacial score (nSPS) is 14.0. The predicted octanol–water partition coefficient (Wildman–Crippen LogP) is 3.82. The molecule has 1 aromatic heterocycles. The highest BCUT2D eigenvalue weighted by atomic mass is 35.5. The second kappa shape index (κ2) is 7.64. The molecular formula is C16H24ClN3O. The number of hydrogen-bond acceptors (Lipinski definition) is 3. The van der Waals surface area contributed by atoms with Gasteiger partial charge in [-0.3, -0.25) is 4.79 Å². The molecule has 0 spiro atoms. The summed E-state index contributed by atoms with van der Waals surface area (Å²) in [5.41, 5.74) is 0.628. The lowest BCUT2D eigenvalue weighted by molar-refractivity contribution is 0.0747. The third-order valence-corrected chi connectivity index (χ3v) is 3.75. The Bertz CT molecular complexity index is 488. The van der Waals surface area contributed by atoms with Gasteiger partial charge in [-0.05, 0) is 43.7 Å². The summed E-state index contributed by atoms with van der Waals surface area (Å²) in [6.45, 7) is 6.67. The molecule has 2 rings (SSSR count). The van der Waals surface area contributed by atoms with Crippen LogP contribution in [-0.4, -0.2) is 35.4 Å². The van der Waals surface area contributed by atoms with Crippen LogP contribution in [0.15, 0.2) is 12.1 Å². The van der Waals surface area contributed by atoms with Gasteiger partial charge in [0.1, 0.15) is 11.0 Å². The van der Waals surface area contributed by atoms with Gasteiger partial charge in [0, 0.05) is 25.2 Å². The van der Waals surface area contributed by atoms with E-state index in [-0.39, 0.29) is 5.91 Å². The van der Waals surface area contributed by atoms with E-state index in [0.29, 0.717) is 22.5 Å². The number of pyridine rings is 1. The van der Waals surface area contributed by atoms with Crippen molar-refractivity contribution >= 4 is 23.3 Å². The Labute approximate surface area is 131 Å². The van der Waals surface area contributed by atoms with Gasteiger partial charge in [0.25, 0.3) is 5.91 Å². The fraction of sp³-hybridized carbons (Fsp3) is 0.625. The van der Waals surface area contributed by atoms with Crippen molar-refractivity contribution in [1.29, 1.82) is 0 Å². The van der Waals surface area contributed by atoms with Gasteiger partial charge in [-0.25, -0.2) is 4.98 Å². The number of nitrogens with zero attached hydrogens (tertiary/aromatic N) is 2. The van der Waals surface area contributed by atoms with Gasteiger partial charge >= 0.3 is 0 Å². The van der Waals surface area contributed by atoms with Gasteiger partial charge in [-0.15, -0.1) is 0 Å². The molecule has 116 valence electrons. The fourth-order valence-electron chi connectivity index (χ4n) is 2.30. The maximum Gasteiger partial charge on any atom is 0.254 e. The van der Waals surface area contributed by atoms with E-state index in [9.17, 15) is 4.79 Å². The number of rotatable bonds is 8.